The molecule has 0 unspecified atom stereocenters. The molecule has 1 fully saturated rings. The van der Waals surface area contributed by atoms with Gasteiger partial charge in [-0.25, -0.2) is 8.42 Å². The van der Waals surface area contributed by atoms with Crippen LogP contribution in [0, 0.1) is 0 Å². The average molecular weight is 338 g/mol. The van der Waals surface area contributed by atoms with Crippen LogP contribution in [0.25, 0.3) is 0 Å². The van der Waals surface area contributed by atoms with Crippen molar-refractivity contribution >= 4 is 21.6 Å². The standard InChI is InChI=1S/C17H26N2O3S/c1-2-3-14-23(21,22)18-16-9-6-15(7-10-16)8-11-17(20)19-12-4-5-13-19/h6-7,9-10,18H,2-5,8,11-14H2,1H3. The number of amides is 1. The van der Waals surface area contributed by atoms with Crippen LogP contribution in [0.5, 0.6) is 0 Å². The van der Waals surface area contributed by atoms with E-state index in [1.54, 1.807) is 12.1 Å². The highest BCUT2D eigenvalue weighted by molar-refractivity contribution is 7.92. The molecule has 2 rings (SSSR count). The Morgan fingerprint density at radius 2 is 1.83 bits per heavy atom. The molecule has 1 aliphatic rings. The number of benzene rings is 1. The largest absolute Gasteiger partial charge is 0.343 e. The number of unbranched alkanes of at least 4 members (excludes halogenated alkanes) is 1. The first-order valence-electron chi connectivity index (χ1n) is 8.37. The number of carbonyl (C=O) groups excluding carboxylic acids is 1. The molecular weight excluding hydrogens is 312 g/mol. The fourth-order valence-electron chi connectivity index (χ4n) is 2.68. The molecule has 0 aliphatic carbocycles. The van der Waals surface area contributed by atoms with Gasteiger partial charge >= 0.3 is 0 Å². The van der Waals surface area contributed by atoms with Gasteiger partial charge in [0.25, 0.3) is 0 Å². The van der Waals surface area contributed by atoms with Crippen LogP contribution in [0.1, 0.15) is 44.6 Å². The molecule has 0 bridgehead atoms. The Morgan fingerprint density at radius 1 is 1.17 bits per heavy atom. The van der Waals surface area contributed by atoms with Crippen LogP contribution in [0.15, 0.2) is 24.3 Å². The van der Waals surface area contributed by atoms with Gasteiger partial charge < -0.3 is 4.90 Å². The van der Waals surface area contributed by atoms with Crippen LogP contribution in [0.3, 0.4) is 0 Å². The van der Waals surface area contributed by atoms with Gasteiger partial charge in [-0.05, 0) is 43.4 Å². The maximum Gasteiger partial charge on any atom is 0.232 e. The van der Waals surface area contributed by atoms with Gasteiger partial charge in [-0.2, -0.15) is 0 Å². The van der Waals surface area contributed by atoms with Crippen molar-refractivity contribution in [3.8, 4) is 0 Å². The van der Waals surface area contributed by atoms with Gasteiger partial charge in [0.1, 0.15) is 0 Å². The van der Waals surface area contributed by atoms with E-state index >= 15 is 0 Å². The van der Waals surface area contributed by atoms with E-state index in [1.165, 1.54) is 0 Å². The molecule has 5 nitrogen and oxygen atoms in total. The summed E-state index contributed by atoms with van der Waals surface area (Å²) in [5, 5.41) is 0. The average Bonchev–Trinajstić information content (AvgIpc) is 3.06. The van der Waals surface area contributed by atoms with E-state index in [0.717, 1.165) is 37.9 Å². The number of hydrogen-bond acceptors (Lipinski definition) is 3. The number of hydrogen-bond donors (Lipinski definition) is 1. The van der Waals surface area contributed by atoms with Gasteiger partial charge in [0.05, 0.1) is 5.75 Å². The van der Waals surface area contributed by atoms with Crippen LogP contribution in [0.2, 0.25) is 0 Å². The van der Waals surface area contributed by atoms with Crippen LogP contribution in [-0.4, -0.2) is 38.1 Å². The number of carbonyl (C=O) groups is 1. The Morgan fingerprint density at radius 3 is 2.43 bits per heavy atom. The molecule has 1 amide bonds. The van der Waals surface area contributed by atoms with Crippen LogP contribution >= 0.6 is 0 Å². The fraction of sp³-hybridized carbons (Fsp3) is 0.588. The highest BCUT2D eigenvalue weighted by Crippen LogP contribution is 2.15. The molecule has 0 radical (unpaired) electrons. The molecule has 1 aliphatic heterocycles. The molecule has 0 saturated carbocycles. The molecule has 1 aromatic rings. The van der Waals surface area contributed by atoms with Crippen LogP contribution in [0.4, 0.5) is 5.69 Å². The van der Waals surface area contributed by atoms with Crippen molar-refractivity contribution in [2.45, 2.75) is 45.4 Å². The molecular formula is C17H26N2O3S. The third-order valence-electron chi connectivity index (χ3n) is 4.08. The second kappa shape index (κ2) is 8.34. The van der Waals surface area contributed by atoms with E-state index in [1.807, 2.05) is 24.0 Å². The number of likely N-dealkylation sites (tertiary alicyclic amines) is 1. The van der Waals surface area contributed by atoms with Gasteiger partial charge in [-0.15, -0.1) is 0 Å². The lowest BCUT2D eigenvalue weighted by molar-refractivity contribution is -0.130. The van der Waals surface area contributed by atoms with Crippen molar-refractivity contribution in [1.29, 1.82) is 0 Å². The minimum absolute atomic E-state index is 0.148. The number of nitrogens with zero attached hydrogens (tertiary/aromatic N) is 1. The summed E-state index contributed by atoms with van der Waals surface area (Å²) >= 11 is 0. The highest BCUT2D eigenvalue weighted by Gasteiger charge is 2.17. The Kier molecular flexibility index (Phi) is 6.45. The van der Waals surface area contributed by atoms with Gasteiger partial charge in [0, 0.05) is 25.2 Å². The van der Waals surface area contributed by atoms with E-state index in [-0.39, 0.29) is 11.7 Å². The van der Waals surface area contributed by atoms with Crippen LogP contribution < -0.4 is 4.72 Å². The lowest BCUT2D eigenvalue weighted by Crippen LogP contribution is -2.27. The molecule has 1 heterocycles. The molecule has 1 aromatic carbocycles. The third kappa shape index (κ3) is 5.86. The number of aryl methyl sites for hydroxylation is 1. The first-order chi connectivity index (χ1) is 11.0. The zero-order valence-electron chi connectivity index (χ0n) is 13.8. The predicted octanol–water partition coefficient (Wildman–Crippen LogP) is 2.78. The number of anilines is 1. The molecule has 128 valence electrons. The van der Waals surface area contributed by atoms with Crippen molar-refractivity contribution in [2.75, 3.05) is 23.6 Å². The monoisotopic (exact) mass is 338 g/mol. The minimum Gasteiger partial charge on any atom is -0.343 e. The van der Waals surface area contributed by atoms with Crippen molar-refractivity contribution in [2.24, 2.45) is 0 Å². The normalized spacial score (nSPS) is 14.9. The molecule has 0 aromatic heterocycles. The van der Waals surface area contributed by atoms with Gasteiger partial charge in [0.15, 0.2) is 0 Å². The van der Waals surface area contributed by atoms with Crippen molar-refractivity contribution in [1.82, 2.24) is 4.90 Å². The number of rotatable bonds is 8. The number of sulfonamides is 1. The first kappa shape index (κ1) is 17.8. The summed E-state index contributed by atoms with van der Waals surface area (Å²) in [6.07, 6.45) is 4.94. The zero-order chi connectivity index (χ0) is 16.7. The van der Waals surface area contributed by atoms with E-state index in [4.69, 9.17) is 0 Å². The maximum absolute atomic E-state index is 12.0. The molecule has 0 spiro atoms. The topological polar surface area (TPSA) is 66.5 Å². The van der Waals surface area contributed by atoms with Crippen molar-refractivity contribution < 1.29 is 13.2 Å². The maximum atomic E-state index is 12.0. The molecule has 1 N–H and O–H groups in total. The van der Waals surface area contributed by atoms with E-state index in [0.29, 0.717) is 24.9 Å². The quantitative estimate of drug-likeness (QED) is 0.792. The van der Waals surface area contributed by atoms with E-state index < -0.39 is 10.0 Å². The summed E-state index contributed by atoms with van der Waals surface area (Å²) in [5.41, 5.74) is 1.63. The summed E-state index contributed by atoms with van der Waals surface area (Å²) in [6, 6.07) is 7.29. The van der Waals surface area contributed by atoms with Crippen molar-refractivity contribution in [3.63, 3.8) is 0 Å². The Labute approximate surface area is 139 Å². The summed E-state index contributed by atoms with van der Waals surface area (Å²) in [4.78, 5) is 13.9. The van der Waals surface area contributed by atoms with E-state index in [2.05, 4.69) is 4.72 Å². The minimum atomic E-state index is -3.26. The fourth-order valence-corrected chi connectivity index (χ4v) is 3.95. The van der Waals surface area contributed by atoms with Gasteiger partial charge in [-0.1, -0.05) is 25.5 Å². The van der Waals surface area contributed by atoms with Gasteiger partial charge in [-0.3, -0.25) is 9.52 Å². The lowest BCUT2D eigenvalue weighted by Gasteiger charge is -2.15. The summed E-state index contributed by atoms with van der Waals surface area (Å²) in [5.74, 6) is 0.363. The SMILES string of the molecule is CCCCS(=O)(=O)Nc1ccc(CCC(=O)N2CCCC2)cc1. The Balaban J connectivity index is 1.83. The zero-order valence-corrected chi connectivity index (χ0v) is 14.6. The smallest absolute Gasteiger partial charge is 0.232 e. The number of nitrogens with one attached hydrogen (secondary N) is 1. The summed E-state index contributed by atoms with van der Waals surface area (Å²) in [6.45, 7) is 3.74. The van der Waals surface area contributed by atoms with Crippen LogP contribution in [-0.2, 0) is 21.2 Å². The molecule has 6 heteroatoms. The Hall–Kier alpha value is -1.56. The summed E-state index contributed by atoms with van der Waals surface area (Å²) < 4.78 is 26.3. The third-order valence-corrected chi connectivity index (χ3v) is 5.45. The summed E-state index contributed by atoms with van der Waals surface area (Å²) in [7, 11) is -3.26. The Bertz CT molecular complexity index is 605. The second-order valence-electron chi connectivity index (χ2n) is 6.06. The second-order valence-corrected chi connectivity index (χ2v) is 7.90. The van der Waals surface area contributed by atoms with E-state index in [9.17, 15) is 13.2 Å². The molecule has 23 heavy (non-hydrogen) atoms. The van der Waals surface area contributed by atoms with Gasteiger partial charge in [0.2, 0.25) is 15.9 Å². The molecule has 0 atom stereocenters. The highest BCUT2D eigenvalue weighted by atomic mass is 32.2. The predicted molar refractivity (Wildman–Crippen MR) is 92.9 cm³/mol. The van der Waals surface area contributed by atoms with Crippen molar-refractivity contribution in [3.05, 3.63) is 29.8 Å². The molecule has 1 saturated heterocycles. The first-order valence-corrected chi connectivity index (χ1v) is 10.0. The lowest BCUT2D eigenvalue weighted by atomic mass is 10.1.